The maximum absolute atomic E-state index is 14.4. The molecule has 2 aromatic rings. The van der Waals surface area contributed by atoms with Gasteiger partial charge in [-0.1, -0.05) is 30.3 Å². The second-order valence-electron chi connectivity index (χ2n) is 10.7. The minimum atomic E-state index is -0.129. The number of hydrogen-bond donors (Lipinski definition) is 0. The van der Waals surface area contributed by atoms with Crippen molar-refractivity contribution in [3.8, 4) is 11.5 Å². The maximum atomic E-state index is 14.4. The van der Waals surface area contributed by atoms with Gasteiger partial charge in [-0.05, 0) is 91.5 Å². The Balaban J connectivity index is 1.43. The lowest BCUT2D eigenvalue weighted by molar-refractivity contribution is -0.159. The summed E-state index contributed by atoms with van der Waals surface area (Å²) in [5, 5.41) is 0. The lowest BCUT2D eigenvalue weighted by Crippen LogP contribution is -2.56. The molecule has 4 aliphatic carbocycles. The molecule has 168 valence electrons. The Morgan fingerprint density at radius 3 is 2.09 bits per heavy atom. The summed E-state index contributed by atoms with van der Waals surface area (Å²) in [5.74, 6) is 4.20. The van der Waals surface area contributed by atoms with Gasteiger partial charge in [-0.3, -0.25) is 4.79 Å². The highest BCUT2D eigenvalue weighted by Gasteiger charge is 2.56. The summed E-state index contributed by atoms with van der Waals surface area (Å²) < 4.78 is 11.2. The largest absolute Gasteiger partial charge is 0.493 e. The molecule has 32 heavy (non-hydrogen) atoms. The van der Waals surface area contributed by atoms with Gasteiger partial charge in [0.2, 0.25) is 5.91 Å². The van der Waals surface area contributed by atoms with E-state index in [0.717, 1.165) is 61.5 Å². The van der Waals surface area contributed by atoms with E-state index < -0.39 is 0 Å². The molecule has 0 aromatic heterocycles. The second-order valence-corrected chi connectivity index (χ2v) is 10.7. The Labute approximate surface area is 190 Å². The van der Waals surface area contributed by atoms with Crippen LogP contribution in [0.3, 0.4) is 0 Å². The second kappa shape index (κ2) is 7.54. The summed E-state index contributed by atoms with van der Waals surface area (Å²) in [7, 11) is 3.37. The minimum Gasteiger partial charge on any atom is -0.493 e. The van der Waals surface area contributed by atoms with Gasteiger partial charge in [0.05, 0.1) is 25.7 Å². The predicted molar refractivity (Wildman–Crippen MR) is 124 cm³/mol. The van der Waals surface area contributed by atoms with E-state index in [4.69, 9.17) is 9.47 Å². The lowest BCUT2D eigenvalue weighted by Gasteiger charge is -2.57. The number of hydrogen-bond acceptors (Lipinski definition) is 3. The molecule has 1 heterocycles. The molecule has 4 nitrogen and oxygen atoms in total. The molecule has 1 amide bonds. The third kappa shape index (κ3) is 3.06. The number of nitrogens with zero attached hydrogens (tertiary/aromatic N) is 1. The van der Waals surface area contributed by atoms with Crippen LogP contribution in [0.4, 0.5) is 0 Å². The standard InChI is InChI=1S/C28H33NO3/c1-31-24-13-22-8-9-29(26(21-6-4-3-5-7-21)23(22)14-25(24)32-2)27(30)28-15-18-10-19(16-28)12-20(11-18)17-28/h3-7,13-14,18-20,26H,8-12,15-17H2,1-2H3/t18?,19?,20?,26-,28?/m1/s1. The van der Waals surface area contributed by atoms with Crippen molar-refractivity contribution in [2.75, 3.05) is 20.8 Å². The van der Waals surface area contributed by atoms with E-state index in [1.807, 2.05) is 6.07 Å². The molecule has 1 aliphatic heterocycles. The van der Waals surface area contributed by atoms with Crippen LogP contribution in [0.5, 0.6) is 11.5 Å². The molecule has 4 heteroatoms. The van der Waals surface area contributed by atoms with E-state index in [-0.39, 0.29) is 11.5 Å². The minimum absolute atomic E-state index is 0.0692. The van der Waals surface area contributed by atoms with Crippen molar-refractivity contribution in [3.63, 3.8) is 0 Å². The zero-order chi connectivity index (χ0) is 21.9. The van der Waals surface area contributed by atoms with Crippen LogP contribution >= 0.6 is 0 Å². The maximum Gasteiger partial charge on any atom is 0.229 e. The van der Waals surface area contributed by atoms with Gasteiger partial charge in [-0.15, -0.1) is 0 Å². The highest BCUT2D eigenvalue weighted by molar-refractivity contribution is 5.84. The summed E-state index contributed by atoms with van der Waals surface area (Å²) in [6, 6.07) is 14.7. The number of fused-ring (bicyclic) bond motifs is 1. The number of carbonyl (C=O) groups excluding carboxylic acids is 1. The molecule has 0 unspecified atom stereocenters. The molecule has 0 radical (unpaired) electrons. The van der Waals surface area contributed by atoms with E-state index in [2.05, 4.69) is 41.3 Å². The van der Waals surface area contributed by atoms with Crippen molar-refractivity contribution in [2.45, 2.75) is 51.0 Å². The van der Waals surface area contributed by atoms with Crippen molar-refractivity contribution >= 4 is 5.91 Å². The van der Waals surface area contributed by atoms with Crippen LogP contribution in [0.2, 0.25) is 0 Å². The first-order valence-corrected chi connectivity index (χ1v) is 12.2. The first-order valence-electron chi connectivity index (χ1n) is 12.2. The highest BCUT2D eigenvalue weighted by Crippen LogP contribution is 2.61. The average molecular weight is 432 g/mol. The highest BCUT2D eigenvalue weighted by atomic mass is 16.5. The molecule has 4 bridgehead atoms. The molecule has 0 saturated heterocycles. The number of amides is 1. The first kappa shape index (κ1) is 20.1. The topological polar surface area (TPSA) is 38.8 Å². The number of carbonyl (C=O) groups is 1. The van der Waals surface area contributed by atoms with E-state index in [1.54, 1.807) is 14.2 Å². The summed E-state index contributed by atoms with van der Waals surface area (Å²) in [5.41, 5.74) is 3.48. The van der Waals surface area contributed by atoms with Crippen LogP contribution < -0.4 is 9.47 Å². The summed E-state index contributed by atoms with van der Waals surface area (Å²) in [6.07, 6.45) is 8.24. The number of rotatable bonds is 4. The Kier molecular flexibility index (Phi) is 4.74. The lowest BCUT2D eigenvalue weighted by atomic mass is 9.49. The van der Waals surface area contributed by atoms with Gasteiger partial charge in [0.15, 0.2) is 11.5 Å². The van der Waals surface area contributed by atoms with Crippen molar-refractivity contribution in [3.05, 3.63) is 59.2 Å². The molecular formula is C28H33NO3. The third-order valence-corrected chi connectivity index (χ3v) is 8.74. The van der Waals surface area contributed by atoms with Crippen molar-refractivity contribution < 1.29 is 14.3 Å². The Morgan fingerprint density at radius 2 is 1.50 bits per heavy atom. The van der Waals surface area contributed by atoms with Crippen molar-refractivity contribution in [1.82, 2.24) is 4.90 Å². The van der Waals surface area contributed by atoms with Gasteiger partial charge < -0.3 is 14.4 Å². The van der Waals surface area contributed by atoms with E-state index in [0.29, 0.717) is 5.91 Å². The van der Waals surface area contributed by atoms with Crippen LogP contribution in [0.15, 0.2) is 42.5 Å². The molecule has 4 saturated carbocycles. The molecular weight excluding hydrogens is 398 g/mol. The average Bonchev–Trinajstić information content (AvgIpc) is 2.81. The van der Waals surface area contributed by atoms with Crippen molar-refractivity contribution in [1.29, 1.82) is 0 Å². The Morgan fingerprint density at radius 1 is 0.906 bits per heavy atom. The van der Waals surface area contributed by atoms with Gasteiger partial charge in [0.1, 0.15) is 0 Å². The number of methoxy groups -OCH3 is 2. The van der Waals surface area contributed by atoms with Crippen LogP contribution in [0.1, 0.15) is 61.3 Å². The molecule has 4 fully saturated rings. The Hall–Kier alpha value is -2.49. The predicted octanol–water partition coefficient (Wildman–Crippen LogP) is 5.39. The molecule has 2 aromatic carbocycles. The van der Waals surface area contributed by atoms with Crippen LogP contribution in [0, 0.1) is 23.2 Å². The first-order chi connectivity index (χ1) is 15.6. The molecule has 7 rings (SSSR count). The van der Waals surface area contributed by atoms with E-state index in [9.17, 15) is 4.79 Å². The van der Waals surface area contributed by atoms with Crippen LogP contribution in [0.25, 0.3) is 0 Å². The molecule has 0 N–H and O–H groups in total. The third-order valence-electron chi connectivity index (χ3n) is 8.74. The van der Waals surface area contributed by atoms with Gasteiger partial charge in [-0.25, -0.2) is 0 Å². The van der Waals surface area contributed by atoms with Crippen molar-refractivity contribution in [2.24, 2.45) is 23.2 Å². The summed E-state index contributed by atoms with van der Waals surface area (Å²) >= 11 is 0. The fourth-order valence-electron chi connectivity index (χ4n) is 7.84. The Bertz CT molecular complexity index is 995. The van der Waals surface area contributed by atoms with Gasteiger partial charge in [0.25, 0.3) is 0 Å². The normalized spacial score (nSPS) is 32.5. The van der Waals surface area contributed by atoms with E-state index in [1.165, 1.54) is 36.0 Å². The summed E-state index contributed by atoms with van der Waals surface area (Å²) in [6.45, 7) is 0.766. The monoisotopic (exact) mass is 431 g/mol. The van der Waals surface area contributed by atoms with E-state index >= 15 is 0 Å². The fourth-order valence-corrected chi connectivity index (χ4v) is 7.84. The van der Waals surface area contributed by atoms with Crippen LogP contribution in [-0.4, -0.2) is 31.6 Å². The zero-order valence-electron chi connectivity index (χ0n) is 19.2. The SMILES string of the molecule is COc1cc2c(cc1OC)[C@@H](c1ccccc1)N(C(=O)C13CC4CC(CC(C4)C1)C3)CC2. The number of benzene rings is 2. The zero-order valence-corrected chi connectivity index (χ0v) is 19.2. The van der Waals surface area contributed by atoms with Gasteiger partial charge >= 0.3 is 0 Å². The quantitative estimate of drug-likeness (QED) is 0.651. The van der Waals surface area contributed by atoms with Crippen LogP contribution in [-0.2, 0) is 11.2 Å². The smallest absolute Gasteiger partial charge is 0.229 e. The number of ether oxygens (including phenoxy) is 2. The molecule has 1 atom stereocenters. The summed E-state index contributed by atoms with van der Waals surface area (Å²) in [4.78, 5) is 16.6. The van der Waals surface area contributed by atoms with Gasteiger partial charge in [-0.2, -0.15) is 0 Å². The fraction of sp³-hybridized carbons (Fsp3) is 0.536. The van der Waals surface area contributed by atoms with Gasteiger partial charge in [0, 0.05) is 6.54 Å². The molecule has 0 spiro atoms. The molecule has 5 aliphatic rings.